The number of aryl methyl sites for hydroxylation is 1. The molecule has 1 fully saturated rings. The zero-order valence-electron chi connectivity index (χ0n) is 11.5. The van der Waals surface area contributed by atoms with Crippen LogP contribution in [-0.2, 0) is 10.0 Å². The van der Waals surface area contributed by atoms with Gasteiger partial charge in [-0.25, -0.2) is 17.5 Å². The molecule has 0 amide bonds. The number of nitrogen functional groups attached to an aromatic ring is 1. The highest BCUT2D eigenvalue weighted by Gasteiger charge is 2.20. The molecule has 7 heteroatoms. The second kappa shape index (κ2) is 6.07. The van der Waals surface area contributed by atoms with Gasteiger partial charge in [0.2, 0.25) is 10.0 Å². The normalized spacial score (nSPS) is 16.7. The summed E-state index contributed by atoms with van der Waals surface area (Å²) in [5, 5.41) is 0. The van der Waals surface area contributed by atoms with Crippen molar-refractivity contribution in [1.29, 1.82) is 0 Å². The number of likely N-dealkylation sites (tertiary alicyclic amines) is 1. The van der Waals surface area contributed by atoms with Crippen LogP contribution in [-0.4, -0.2) is 39.5 Å². The molecule has 1 saturated heterocycles. The predicted molar refractivity (Wildman–Crippen MR) is 76.4 cm³/mol. The number of nitrogens with zero attached hydrogens (tertiary/aromatic N) is 1. The Morgan fingerprint density at radius 3 is 2.65 bits per heavy atom. The quantitative estimate of drug-likeness (QED) is 0.798. The van der Waals surface area contributed by atoms with E-state index in [9.17, 15) is 12.8 Å². The fourth-order valence-corrected chi connectivity index (χ4v) is 3.41. The lowest BCUT2D eigenvalue weighted by molar-refractivity contribution is 0.344. The van der Waals surface area contributed by atoms with Gasteiger partial charge in [-0.05, 0) is 50.6 Å². The fraction of sp³-hybridized carbons (Fsp3) is 0.538. The Hall–Kier alpha value is -1.18. The first-order valence-electron chi connectivity index (χ1n) is 6.68. The van der Waals surface area contributed by atoms with Crippen molar-refractivity contribution in [3.05, 3.63) is 23.5 Å². The van der Waals surface area contributed by atoms with Gasteiger partial charge in [0.15, 0.2) is 0 Å². The number of nitrogens with two attached hydrogens (primary N) is 1. The van der Waals surface area contributed by atoms with Crippen LogP contribution in [0.15, 0.2) is 17.0 Å². The zero-order valence-corrected chi connectivity index (χ0v) is 12.3. The second-order valence-corrected chi connectivity index (χ2v) is 6.82. The van der Waals surface area contributed by atoms with Crippen LogP contribution in [0.25, 0.3) is 0 Å². The summed E-state index contributed by atoms with van der Waals surface area (Å²) < 4.78 is 40.3. The lowest BCUT2D eigenvalue weighted by Crippen LogP contribution is -2.33. The fourth-order valence-electron chi connectivity index (χ4n) is 2.30. The van der Waals surface area contributed by atoms with E-state index in [4.69, 9.17) is 5.73 Å². The first-order chi connectivity index (χ1) is 9.40. The number of hydrogen-bond acceptors (Lipinski definition) is 4. The van der Waals surface area contributed by atoms with Gasteiger partial charge in [-0.1, -0.05) is 0 Å². The van der Waals surface area contributed by atoms with Gasteiger partial charge in [0.25, 0.3) is 0 Å². The maximum Gasteiger partial charge on any atom is 0.243 e. The van der Waals surface area contributed by atoms with Crippen LogP contribution in [0.5, 0.6) is 0 Å². The van der Waals surface area contributed by atoms with E-state index in [1.54, 1.807) is 6.92 Å². The molecule has 1 aromatic rings. The molecule has 3 N–H and O–H groups in total. The molecular weight excluding hydrogens is 281 g/mol. The molecule has 112 valence electrons. The third-order valence-corrected chi connectivity index (χ3v) is 5.00. The van der Waals surface area contributed by atoms with Gasteiger partial charge >= 0.3 is 0 Å². The molecule has 0 saturated carbocycles. The number of hydrogen-bond donors (Lipinski definition) is 2. The van der Waals surface area contributed by atoms with Crippen LogP contribution < -0.4 is 10.5 Å². The van der Waals surface area contributed by atoms with Crippen LogP contribution in [0.2, 0.25) is 0 Å². The van der Waals surface area contributed by atoms with Crippen LogP contribution >= 0.6 is 0 Å². The lowest BCUT2D eigenvalue weighted by atomic mass is 10.2. The van der Waals surface area contributed by atoms with Gasteiger partial charge in [0.05, 0.1) is 0 Å². The van der Waals surface area contributed by atoms with Gasteiger partial charge in [0, 0.05) is 18.8 Å². The van der Waals surface area contributed by atoms with Crippen molar-refractivity contribution < 1.29 is 12.8 Å². The number of rotatable bonds is 5. The molecule has 1 aromatic carbocycles. The molecule has 0 unspecified atom stereocenters. The molecule has 0 bridgehead atoms. The van der Waals surface area contributed by atoms with Gasteiger partial charge in [-0.2, -0.15) is 0 Å². The molecule has 0 radical (unpaired) electrons. The largest absolute Gasteiger partial charge is 0.398 e. The van der Waals surface area contributed by atoms with Crippen LogP contribution in [0.4, 0.5) is 10.1 Å². The summed E-state index contributed by atoms with van der Waals surface area (Å²) in [5.41, 5.74) is 6.44. The van der Waals surface area contributed by atoms with E-state index in [2.05, 4.69) is 9.62 Å². The second-order valence-electron chi connectivity index (χ2n) is 5.09. The Morgan fingerprint density at radius 1 is 1.35 bits per heavy atom. The molecule has 0 spiro atoms. The predicted octanol–water partition coefficient (Wildman–Crippen LogP) is 1.09. The average molecular weight is 301 g/mol. The van der Waals surface area contributed by atoms with E-state index in [0.29, 0.717) is 12.1 Å². The summed E-state index contributed by atoms with van der Waals surface area (Å²) in [6.45, 7) is 4.54. The summed E-state index contributed by atoms with van der Waals surface area (Å²) in [4.78, 5) is 1.80. The maximum absolute atomic E-state index is 13.8. The standard InChI is InChI=1S/C13H20FN3O2S/c1-10-8-11(14)13(9-12(10)15)20(18,19)16-4-7-17-5-2-3-6-17/h8-9,16H,2-7,15H2,1H3. The van der Waals surface area contributed by atoms with Gasteiger partial charge < -0.3 is 10.6 Å². The average Bonchev–Trinajstić information content (AvgIpc) is 2.86. The van der Waals surface area contributed by atoms with Crippen molar-refractivity contribution in [2.75, 3.05) is 31.9 Å². The number of anilines is 1. The van der Waals surface area contributed by atoms with Gasteiger partial charge in [-0.15, -0.1) is 0 Å². The zero-order chi connectivity index (χ0) is 14.8. The van der Waals surface area contributed by atoms with Crippen LogP contribution in [0.3, 0.4) is 0 Å². The van der Waals surface area contributed by atoms with Crippen molar-refractivity contribution in [3.63, 3.8) is 0 Å². The maximum atomic E-state index is 13.8. The number of sulfonamides is 1. The van der Waals surface area contributed by atoms with E-state index < -0.39 is 15.8 Å². The summed E-state index contributed by atoms with van der Waals surface area (Å²) >= 11 is 0. The number of halogens is 1. The van der Waals surface area contributed by atoms with E-state index in [0.717, 1.165) is 32.0 Å². The number of benzene rings is 1. The van der Waals surface area contributed by atoms with Crippen molar-refractivity contribution in [1.82, 2.24) is 9.62 Å². The first kappa shape index (κ1) is 15.2. The first-order valence-corrected chi connectivity index (χ1v) is 8.16. The highest BCUT2D eigenvalue weighted by atomic mass is 32.2. The third-order valence-electron chi connectivity index (χ3n) is 3.53. The molecule has 0 aromatic heterocycles. The smallest absolute Gasteiger partial charge is 0.243 e. The van der Waals surface area contributed by atoms with E-state index in [1.165, 1.54) is 6.07 Å². The minimum absolute atomic E-state index is 0.270. The Balaban J connectivity index is 2.04. The Kier molecular flexibility index (Phi) is 4.62. The Labute approximate surface area is 119 Å². The highest BCUT2D eigenvalue weighted by molar-refractivity contribution is 7.89. The molecule has 20 heavy (non-hydrogen) atoms. The Morgan fingerprint density at radius 2 is 2.00 bits per heavy atom. The molecule has 1 heterocycles. The topological polar surface area (TPSA) is 75.4 Å². The summed E-state index contributed by atoms with van der Waals surface area (Å²) in [7, 11) is -3.85. The molecular formula is C13H20FN3O2S. The SMILES string of the molecule is Cc1cc(F)c(S(=O)(=O)NCCN2CCCC2)cc1N. The van der Waals surface area contributed by atoms with Crippen molar-refractivity contribution in [3.8, 4) is 0 Å². The van der Waals surface area contributed by atoms with Crippen molar-refractivity contribution in [2.24, 2.45) is 0 Å². The van der Waals surface area contributed by atoms with E-state index >= 15 is 0 Å². The minimum Gasteiger partial charge on any atom is -0.398 e. The number of nitrogens with one attached hydrogen (secondary N) is 1. The molecule has 2 rings (SSSR count). The molecule has 0 atom stereocenters. The van der Waals surface area contributed by atoms with Crippen LogP contribution in [0, 0.1) is 12.7 Å². The molecule has 1 aliphatic rings. The molecule has 0 aliphatic carbocycles. The van der Waals surface area contributed by atoms with Gasteiger partial charge in [-0.3, -0.25) is 0 Å². The van der Waals surface area contributed by atoms with E-state index in [-0.39, 0.29) is 17.1 Å². The third kappa shape index (κ3) is 3.47. The molecule has 1 aliphatic heterocycles. The van der Waals surface area contributed by atoms with Gasteiger partial charge in [0.1, 0.15) is 10.7 Å². The van der Waals surface area contributed by atoms with E-state index in [1.807, 2.05) is 0 Å². The van der Waals surface area contributed by atoms with Crippen molar-refractivity contribution >= 4 is 15.7 Å². The molecule has 5 nitrogen and oxygen atoms in total. The Bertz CT molecular complexity index is 584. The van der Waals surface area contributed by atoms with Crippen LogP contribution in [0.1, 0.15) is 18.4 Å². The summed E-state index contributed by atoms with van der Waals surface area (Å²) in [6.07, 6.45) is 2.30. The van der Waals surface area contributed by atoms with Crippen molar-refractivity contribution in [2.45, 2.75) is 24.7 Å². The highest BCUT2D eigenvalue weighted by Crippen LogP contribution is 2.21. The monoisotopic (exact) mass is 301 g/mol. The summed E-state index contributed by atoms with van der Waals surface area (Å²) in [6, 6.07) is 2.31. The summed E-state index contributed by atoms with van der Waals surface area (Å²) in [5.74, 6) is -0.773. The lowest BCUT2D eigenvalue weighted by Gasteiger charge is -2.15. The minimum atomic E-state index is -3.85.